The molecule has 0 aromatic heterocycles. The summed E-state index contributed by atoms with van der Waals surface area (Å²) in [7, 11) is 0. The Kier molecular flexibility index (Phi) is 4.40. The van der Waals surface area contributed by atoms with Crippen LogP contribution in [0.15, 0.2) is 24.3 Å². The van der Waals surface area contributed by atoms with Gasteiger partial charge in [-0.05, 0) is 37.8 Å². The highest BCUT2D eigenvalue weighted by Crippen LogP contribution is 2.30. The maximum atomic E-state index is 12.0. The first-order valence-electron chi connectivity index (χ1n) is 7.13. The van der Waals surface area contributed by atoms with E-state index < -0.39 is 0 Å². The molecule has 0 aliphatic heterocycles. The quantitative estimate of drug-likeness (QED) is 0.708. The Labute approximate surface area is 110 Å². The molecule has 0 unspecified atom stereocenters. The van der Waals surface area contributed by atoms with Crippen LogP contribution >= 0.6 is 0 Å². The fourth-order valence-corrected chi connectivity index (χ4v) is 2.56. The summed E-state index contributed by atoms with van der Waals surface area (Å²) in [5, 5.41) is 0. The summed E-state index contributed by atoms with van der Waals surface area (Å²) in [6.45, 7) is 6.18. The lowest BCUT2D eigenvalue weighted by atomic mass is 9.85. The third-order valence-electron chi connectivity index (χ3n) is 3.95. The van der Waals surface area contributed by atoms with E-state index in [1.807, 2.05) is 25.1 Å². The lowest BCUT2D eigenvalue weighted by Crippen LogP contribution is -2.33. The molecule has 1 fully saturated rings. The second-order valence-electron chi connectivity index (χ2n) is 5.13. The van der Waals surface area contributed by atoms with Gasteiger partial charge in [0, 0.05) is 30.8 Å². The maximum absolute atomic E-state index is 12.0. The van der Waals surface area contributed by atoms with E-state index in [1.54, 1.807) is 0 Å². The molecule has 0 spiro atoms. The number of hydrogen-bond donors (Lipinski definition) is 0. The SMILES string of the molecule is CCC(=O)c1ccccc1N(CC)CC1CCC1. The number of carbonyl (C=O) groups excluding carboxylic acids is 1. The summed E-state index contributed by atoms with van der Waals surface area (Å²) in [6, 6.07) is 8.05. The molecule has 0 atom stereocenters. The highest BCUT2D eigenvalue weighted by Gasteiger charge is 2.22. The Morgan fingerprint density at radius 1 is 1.28 bits per heavy atom. The van der Waals surface area contributed by atoms with Crippen LogP contribution in [0.25, 0.3) is 0 Å². The Bertz CT molecular complexity index is 409. The van der Waals surface area contributed by atoms with Gasteiger partial charge < -0.3 is 4.90 Å². The average Bonchev–Trinajstić information content (AvgIpc) is 2.37. The van der Waals surface area contributed by atoms with Crippen molar-refractivity contribution in [3.8, 4) is 0 Å². The van der Waals surface area contributed by atoms with Crippen LogP contribution < -0.4 is 4.90 Å². The van der Waals surface area contributed by atoms with Gasteiger partial charge in [0.15, 0.2) is 5.78 Å². The third-order valence-corrected chi connectivity index (χ3v) is 3.95. The highest BCUT2D eigenvalue weighted by atomic mass is 16.1. The molecular formula is C16H23NO. The molecule has 0 bridgehead atoms. The first-order valence-corrected chi connectivity index (χ1v) is 7.13. The summed E-state index contributed by atoms with van der Waals surface area (Å²) < 4.78 is 0. The zero-order valence-electron chi connectivity index (χ0n) is 11.5. The number of Topliss-reactive ketones (excluding diaryl/α,β-unsaturated/α-hetero) is 1. The fraction of sp³-hybridized carbons (Fsp3) is 0.562. The van der Waals surface area contributed by atoms with Crippen molar-refractivity contribution in [2.75, 3.05) is 18.0 Å². The van der Waals surface area contributed by atoms with Crippen molar-refractivity contribution >= 4 is 11.5 Å². The fourth-order valence-electron chi connectivity index (χ4n) is 2.56. The van der Waals surface area contributed by atoms with E-state index in [0.717, 1.165) is 30.3 Å². The largest absolute Gasteiger partial charge is 0.371 e. The topological polar surface area (TPSA) is 20.3 Å². The predicted molar refractivity (Wildman–Crippen MR) is 76.3 cm³/mol. The number of hydrogen-bond acceptors (Lipinski definition) is 2. The van der Waals surface area contributed by atoms with E-state index in [1.165, 1.54) is 19.3 Å². The molecule has 2 nitrogen and oxygen atoms in total. The van der Waals surface area contributed by atoms with Crippen molar-refractivity contribution in [2.24, 2.45) is 5.92 Å². The lowest BCUT2D eigenvalue weighted by Gasteiger charge is -2.34. The van der Waals surface area contributed by atoms with Crippen LogP contribution in [-0.4, -0.2) is 18.9 Å². The second-order valence-corrected chi connectivity index (χ2v) is 5.13. The van der Waals surface area contributed by atoms with Gasteiger partial charge in [-0.1, -0.05) is 25.5 Å². The molecule has 2 heteroatoms. The Balaban J connectivity index is 2.20. The van der Waals surface area contributed by atoms with Crippen LogP contribution in [0.5, 0.6) is 0 Å². The number of rotatable bonds is 6. The molecule has 2 rings (SSSR count). The van der Waals surface area contributed by atoms with Crippen molar-refractivity contribution in [1.29, 1.82) is 0 Å². The lowest BCUT2D eigenvalue weighted by molar-refractivity contribution is 0.0988. The van der Waals surface area contributed by atoms with Crippen LogP contribution in [0.1, 0.15) is 49.9 Å². The van der Waals surface area contributed by atoms with Crippen molar-refractivity contribution < 1.29 is 4.79 Å². The predicted octanol–water partition coefficient (Wildman–Crippen LogP) is 3.91. The molecule has 1 aromatic rings. The number of para-hydroxylation sites is 1. The minimum Gasteiger partial charge on any atom is -0.371 e. The van der Waals surface area contributed by atoms with Gasteiger partial charge in [0.1, 0.15) is 0 Å². The molecule has 1 aromatic carbocycles. The monoisotopic (exact) mass is 245 g/mol. The standard InChI is InChI=1S/C16H23NO/c1-3-16(18)14-10-5-6-11-15(14)17(4-2)12-13-8-7-9-13/h5-6,10-11,13H,3-4,7-9,12H2,1-2H3. The molecule has 0 N–H and O–H groups in total. The molecule has 18 heavy (non-hydrogen) atoms. The molecule has 1 aliphatic rings. The minimum absolute atomic E-state index is 0.248. The molecule has 0 heterocycles. The van der Waals surface area contributed by atoms with E-state index in [2.05, 4.69) is 17.9 Å². The van der Waals surface area contributed by atoms with E-state index in [9.17, 15) is 4.79 Å². The Morgan fingerprint density at radius 2 is 2.00 bits per heavy atom. The van der Waals surface area contributed by atoms with Crippen LogP contribution in [-0.2, 0) is 0 Å². The molecule has 0 saturated heterocycles. The first-order chi connectivity index (χ1) is 8.76. The van der Waals surface area contributed by atoms with E-state index >= 15 is 0 Å². The second kappa shape index (κ2) is 6.03. The van der Waals surface area contributed by atoms with E-state index in [4.69, 9.17) is 0 Å². The first kappa shape index (κ1) is 13.1. The molecule has 1 aliphatic carbocycles. The number of carbonyl (C=O) groups is 1. The molecule has 0 amide bonds. The van der Waals surface area contributed by atoms with Crippen LogP contribution in [0.2, 0.25) is 0 Å². The summed E-state index contributed by atoms with van der Waals surface area (Å²) in [5.41, 5.74) is 2.01. The van der Waals surface area contributed by atoms with Gasteiger partial charge in [0.2, 0.25) is 0 Å². The van der Waals surface area contributed by atoms with Crippen molar-refractivity contribution in [3.63, 3.8) is 0 Å². The van der Waals surface area contributed by atoms with Gasteiger partial charge in [0.25, 0.3) is 0 Å². The molecule has 98 valence electrons. The van der Waals surface area contributed by atoms with Crippen molar-refractivity contribution in [3.05, 3.63) is 29.8 Å². The number of ketones is 1. The van der Waals surface area contributed by atoms with Gasteiger partial charge >= 0.3 is 0 Å². The van der Waals surface area contributed by atoms with Gasteiger partial charge in [-0.2, -0.15) is 0 Å². The zero-order valence-corrected chi connectivity index (χ0v) is 11.5. The minimum atomic E-state index is 0.248. The van der Waals surface area contributed by atoms with Gasteiger partial charge in [-0.15, -0.1) is 0 Å². The number of nitrogens with zero attached hydrogens (tertiary/aromatic N) is 1. The Hall–Kier alpha value is -1.31. The molecule has 0 radical (unpaired) electrons. The van der Waals surface area contributed by atoms with Crippen LogP contribution in [0.4, 0.5) is 5.69 Å². The summed E-state index contributed by atoms with van der Waals surface area (Å²) >= 11 is 0. The highest BCUT2D eigenvalue weighted by molar-refractivity contribution is 6.01. The van der Waals surface area contributed by atoms with E-state index in [0.29, 0.717) is 6.42 Å². The summed E-state index contributed by atoms with van der Waals surface area (Å²) in [4.78, 5) is 14.4. The summed E-state index contributed by atoms with van der Waals surface area (Å²) in [6.07, 6.45) is 4.65. The van der Waals surface area contributed by atoms with Gasteiger partial charge in [0.05, 0.1) is 0 Å². The number of anilines is 1. The maximum Gasteiger partial charge on any atom is 0.164 e. The van der Waals surface area contributed by atoms with Crippen LogP contribution in [0.3, 0.4) is 0 Å². The van der Waals surface area contributed by atoms with Crippen molar-refractivity contribution in [1.82, 2.24) is 0 Å². The van der Waals surface area contributed by atoms with E-state index in [-0.39, 0.29) is 5.78 Å². The Morgan fingerprint density at radius 3 is 2.56 bits per heavy atom. The normalized spacial score (nSPS) is 15.2. The summed E-state index contributed by atoms with van der Waals surface area (Å²) in [5.74, 6) is 1.08. The molecule has 1 saturated carbocycles. The zero-order chi connectivity index (χ0) is 13.0. The third kappa shape index (κ3) is 2.74. The number of benzene rings is 1. The van der Waals surface area contributed by atoms with Crippen LogP contribution in [0, 0.1) is 5.92 Å². The van der Waals surface area contributed by atoms with Gasteiger partial charge in [-0.25, -0.2) is 0 Å². The average molecular weight is 245 g/mol. The smallest absolute Gasteiger partial charge is 0.164 e. The van der Waals surface area contributed by atoms with Crippen molar-refractivity contribution in [2.45, 2.75) is 39.5 Å². The van der Waals surface area contributed by atoms with Gasteiger partial charge in [-0.3, -0.25) is 4.79 Å². The molecular weight excluding hydrogens is 222 g/mol.